The van der Waals surface area contributed by atoms with Crippen molar-refractivity contribution in [2.75, 3.05) is 6.54 Å². The summed E-state index contributed by atoms with van der Waals surface area (Å²) in [7, 11) is 0. The summed E-state index contributed by atoms with van der Waals surface area (Å²) in [6, 6.07) is -0.399. The van der Waals surface area contributed by atoms with Gasteiger partial charge in [-0.15, -0.1) is 11.3 Å². The molecule has 1 N–H and O–H groups in total. The van der Waals surface area contributed by atoms with Crippen LogP contribution in [0.5, 0.6) is 0 Å². The third kappa shape index (κ3) is 2.38. The fourth-order valence-corrected chi connectivity index (χ4v) is 3.22. The maximum Gasteiger partial charge on any atom is 0.309 e. The number of carboxylic acid groups (broad SMARTS) is 1. The molecule has 1 aliphatic heterocycles. The van der Waals surface area contributed by atoms with Crippen molar-refractivity contribution in [1.82, 2.24) is 9.88 Å². The highest BCUT2D eigenvalue weighted by Crippen LogP contribution is 2.37. The Balaban J connectivity index is 2.34. The van der Waals surface area contributed by atoms with Gasteiger partial charge in [0.1, 0.15) is 5.01 Å². The second kappa shape index (κ2) is 5.48. The number of piperidine rings is 1. The fraction of sp³-hybridized carbons (Fsp3) is 0.583. The number of hydrogen-bond acceptors (Lipinski definition) is 4. The lowest BCUT2D eigenvalue weighted by Gasteiger charge is -2.38. The molecule has 1 fully saturated rings. The molecular formula is C12H16N2O3S. The molecular weight excluding hydrogens is 252 g/mol. The van der Waals surface area contributed by atoms with Gasteiger partial charge in [0, 0.05) is 24.5 Å². The van der Waals surface area contributed by atoms with Gasteiger partial charge in [-0.2, -0.15) is 0 Å². The molecule has 0 aromatic carbocycles. The summed E-state index contributed by atoms with van der Waals surface area (Å²) in [6.45, 7) is 2.57. The van der Waals surface area contributed by atoms with E-state index < -0.39 is 17.9 Å². The molecule has 1 amide bonds. The zero-order valence-corrected chi connectivity index (χ0v) is 11.0. The Morgan fingerprint density at radius 3 is 3.00 bits per heavy atom. The van der Waals surface area contributed by atoms with Crippen LogP contribution in [-0.2, 0) is 9.59 Å². The molecule has 5 nitrogen and oxygen atoms in total. The minimum Gasteiger partial charge on any atom is -0.481 e. The topological polar surface area (TPSA) is 70.5 Å². The zero-order chi connectivity index (χ0) is 13.1. The van der Waals surface area contributed by atoms with Gasteiger partial charge in [0.15, 0.2) is 0 Å². The Morgan fingerprint density at radius 1 is 1.67 bits per heavy atom. The van der Waals surface area contributed by atoms with Gasteiger partial charge in [-0.05, 0) is 12.8 Å². The highest BCUT2D eigenvalue weighted by molar-refractivity contribution is 7.09. The van der Waals surface area contributed by atoms with E-state index in [9.17, 15) is 14.7 Å². The summed E-state index contributed by atoms with van der Waals surface area (Å²) in [5, 5.41) is 11.9. The van der Waals surface area contributed by atoms with Gasteiger partial charge in [-0.25, -0.2) is 4.98 Å². The van der Waals surface area contributed by atoms with Gasteiger partial charge in [0.2, 0.25) is 5.91 Å². The Bertz CT molecular complexity index is 433. The summed E-state index contributed by atoms with van der Waals surface area (Å²) < 4.78 is 0. The lowest BCUT2D eigenvalue weighted by Crippen LogP contribution is -2.45. The van der Waals surface area contributed by atoms with E-state index in [-0.39, 0.29) is 5.91 Å². The van der Waals surface area contributed by atoms with Gasteiger partial charge >= 0.3 is 5.97 Å². The number of nitrogens with zero attached hydrogens (tertiary/aromatic N) is 2. The van der Waals surface area contributed by atoms with Crippen molar-refractivity contribution < 1.29 is 14.7 Å². The first-order valence-electron chi connectivity index (χ1n) is 6.06. The molecule has 6 heteroatoms. The van der Waals surface area contributed by atoms with Crippen LogP contribution in [0.3, 0.4) is 0 Å². The first-order chi connectivity index (χ1) is 8.65. The molecule has 98 valence electrons. The van der Waals surface area contributed by atoms with Crippen LogP contribution in [0.4, 0.5) is 0 Å². The molecule has 0 saturated carbocycles. The van der Waals surface area contributed by atoms with E-state index in [2.05, 4.69) is 4.98 Å². The monoisotopic (exact) mass is 268 g/mol. The van der Waals surface area contributed by atoms with Crippen molar-refractivity contribution in [3.05, 3.63) is 16.6 Å². The van der Waals surface area contributed by atoms with E-state index in [0.29, 0.717) is 19.4 Å². The van der Waals surface area contributed by atoms with E-state index in [4.69, 9.17) is 0 Å². The van der Waals surface area contributed by atoms with Crippen molar-refractivity contribution in [2.45, 2.75) is 32.2 Å². The zero-order valence-electron chi connectivity index (χ0n) is 10.2. The largest absolute Gasteiger partial charge is 0.481 e. The van der Waals surface area contributed by atoms with Crippen LogP contribution in [0.25, 0.3) is 0 Å². The third-order valence-corrected chi connectivity index (χ3v) is 4.04. The van der Waals surface area contributed by atoms with Crippen molar-refractivity contribution in [2.24, 2.45) is 5.92 Å². The molecule has 2 unspecified atom stereocenters. The molecule has 2 heterocycles. The van der Waals surface area contributed by atoms with Crippen molar-refractivity contribution in [3.63, 3.8) is 0 Å². The van der Waals surface area contributed by atoms with E-state index >= 15 is 0 Å². The first kappa shape index (κ1) is 13.0. The number of rotatable bonds is 4. The molecule has 0 aliphatic carbocycles. The SMILES string of the molecule is CCCN1C(=O)CCC(C(=O)O)C1c1nccs1. The lowest BCUT2D eigenvalue weighted by molar-refractivity contribution is -0.152. The number of carbonyl (C=O) groups excluding carboxylic acids is 1. The number of carboxylic acids is 1. The molecule has 1 aromatic rings. The fourth-order valence-electron chi connectivity index (χ4n) is 2.40. The average molecular weight is 268 g/mol. The molecule has 2 atom stereocenters. The lowest BCUT2D eigenvalue weighted by atomic mass is 9.89. The normalized spacial score (nSPS) is 24.3. The van der Waals surface area contributed by atoms with Crippen LogP contribution in [0.15, 0.2) is 11.6 Å². The summed E-state index contributed by atoms with van der Waals surface area (Å²) >= 11 is 1.41. The Kier molecular flexibility index (Phi) is 3.96. The smallest absolute Gasteiger partial charge is 0.309 e. The Morgan fingerprint density at radius 2 is 2.44 bits per heavy atom. The maximum absolute atomic E-state index is 12.0. The minimum atomic E-state index is -0.844. The Labute approximate surface area is 109 Å². The number of amides is 1. The predicted molar refractivity (Wildman–Crippen MR) is 67.2 cm³/mol. The molecule has 0 radical (unpaired) electrons. The molecule has 0 spiro atoms. The number of aromatic nitrogens is 1. The molecule has 1 saturated heterocycles. The third-order valence-electron chi connectivity index (χ3n) is 3.19. The summed E-state index contributed by atoms with van der Waals surface area (Å²) in [6.07, 6.45) is 3.19. The van der Waals surface area contributed by atoms with Gasteiger partial charge in [0.25, 0.3) is 0 Å². The van der Waals surface area contributed by atoms with E-state index in [0.717, 1.165) is 11.4 Å². The van der Waals surface area contributed by atoms with Crippen LogP contribution < -0.4 is 0 Å². The Hall–Kier alpha value is -1.43. The summed E-state index contributed by atoms with van der Waals surface area (Å²) in [4.78, 5) is 29.2. The molecule has 1 aliphatic rings. The summed E-state index contributed by atoms with van der Waals surface area (Å²) in [5.41, 5.74) is 0. The number of hydrogen-bond donors (Lipinski definition) is 1. The van der Waals surface area contributed by atoms with Crippen LogP contribution >= 0.6 is 11.3 Å². The highest BCUT2D eigenvalue weighted by atomic mass is 32.1. The highest BCUT2D eigenvalue weighted by Gasteiger charge is 2.41. The van der Waals surface area contributed by atoms with Crippen LogP contribution in [-0.4, -0.2) is 33.4 Å². The van der Waals surface area contributed by atoms with Crippen LogP contribution in [0.1, 0.15) is 37.2 Å². The first-order valence-corrected chi connectivity index (χ1v) is 6.94. The van der Waals surface area contributed by atoms with Gasteiger partial charge in [-0.1, -0.05) is 6.92 Å². The number of carbonyl (C=O) groups is 2. The van der Waals surface area contributed by atoms with Gasteiger partial charge < -0.3 is 10.0 Å². The molecule has 1 aromatic heterocycles. The van der Waals surface area contributed by atoms with Crippen LogP contribution in [0.2, 0.25) is 0 Å². The summed E-state index contributed by atoms with van der Waals surface area (Å²) in [5.74, 6) is -1.35. The number of likely N-dealkylation sites (tertiary alicyclic amines) is 1. The number of thiazole rings is 1. The van der Waals surface area contributed by atoms with E-state index in [1.54, 1.807) is 11.1 Å². The van der Waals surface area contributed by atoms with Crippen molar-refractivity contribution in [3.8, 4) is 0 Å². The molecule has 18 heavy (non-hydrogen) atoms. The van der Waals surface area contributed by atoms with Gasteiger partial charge in [0.05, 0.1) is 12.0 Å². The number of aliphatic carboxylic acids is 1. The van der Waals surface area contributed by atoms with E-state index in [1.807, 2.05) is 12.3 Å². The van der Waals surface area contributed by atoms with Gasteiger partial charge in [-0.3, -0.25) is 9.59 Å². The average Bonchev–Trinajstić information content (AvgIpc) is 2.84. The predicted octanol–water partition coefficient (Wildman–Crippen LogP) is 1.92. The van der Waals surface area contributed by atoms with Crippen molar-refractivity contribution in [1.29, 1.82) is 0 Å². The second-order valence-corrected chi connectivity index (χ2v) is 5.31. The minimum absolute atomic E-state index is 0.0366. The molecule has 2 rings (SSSR count). The van der Waals surface area contributed by atoms with Crippen LogP contribution in [0, 0.1) is 5.92 Å². The molecule has 0 bridgehead atoms. The van der Waals surface area contributed by atoms with Crippen molar-refractivity contribution >= 4 is 23.2 Å². The maximum atomic E-state index is 12.0. The second-order valence-electron chi connectivity index (χ2n) is 4.39. The van der Waals surface area contributed by atoms with E-state index in [1.165, 1.54) is 11.3 Å². The standard InChI is InChI=1S/C12H16N2O3S/c1-2-6-14-9(15)4-3-8(12(16)17)10(14)11-13-5-7-18-11/h5,7-8,10H,2-4,6H2,1H3,(H,16,17). The quantitative estimate of drug-likeness (QED) is 0.905.